The molecule has 1 aliphatic heterocycles. The van der Waals surface area contributed by atoms with Crippen molar-refractivity contribution in [2.24, 2.45) is 0 Å². The van der Waals surface area contributed by atoms with Gasteiger partial charge in [0.2, 0.25) is 0 Å². The second-order valence-corrected chi connectivity index (χ2v) is 9.54. The summed E-state index contributed by atoms with van der Waals surface area (Å²) >= 11 is 0. The number of nitrogens with zero attached hydrogens (tertiary/aromatic N) is 3. The molecule has 3 aromatic carbocycles. The fourth-order valence-corrected chi connectivity index (χ4v) is 5.05. The van der Waals surface area contributed by atoms with E-state index in [0.29, 0.717) is 25.3 Å². The molecule has 0 spiro atoms. The van der Waals surface area contributed by atoms with Gasteiger partial charge in [-0.25, -0.2) is 4.98 Å². The Bertz CT molecular complexity index is 1430. The summed E-state index contributed by atoms with van der Waals surface area (Å²) in [5.41, 5.74) is 5.65. The molecule has 6 nitrogen and oxygen atoms in total. The molecule has 1 fully saturated rings. The Hall–Kier alpha value is -4.06. The smallest absolute Gasteiger partial charge is 0.254 e. The molecule has 1 amide bonds. The number of benzene rings is 3. The highest BCUT2D eigenvalue weighted by atomic mass is 16.5. The SMILES string of the molecule is CCOc1cc(-c2cccc(OC)c2)nc2ccc(C(=O)N3CCN(c4cccc(C)c4)[C@H](C)C3)cc12. The maximum absolute atomic E-state index is 13.5. The maximum atomic E-state index is 13.5. The number of hydrogen-bond donors (Lipinski definition) is 0. The van der Waals surface area contributed by atoms with Crippen LogP contribution in [0.5, 0.6) is 11.5 Å². The second-order valence-electron chi connectivity index (χ2n) is 9.54. The van der Waals surface area contributed by atoms with Crippen LogP contribution in [0.15, 0.2) is 72.8 Å². The average Bonchev–Trinajstić information content (AvgIpc) is 2.92. The van der Waals surface area contributed by atoms with Crippen LogP contribution in [-0.2, 0) is 0 Å². The van der Waals surface area contributed by atoms with Crippen LogP contribution in [0.4, 0.5) is 5.69 Å². The molecular weight excluding hydrogens is 462 g/mol. The zero-order chi connectivity index (χ0) is 25.9. The zero-order valence-electron chi connectivity index (χ0n) is 21.9. The van der Waals surface area contributed by atoms with E-state index >= 15 is 0 Å². The maximum Gasteiger partial charge on any atom is 0.254 e. The average molecular weight is 496 g/mol. The number of pyridine rings is 1. The van der Waals surface area contributed by atoms with Gasteiger partial charge in [-0.05, 0) is 68.8 Å². The zero-order valence-corrected chi connectivity index (χ0v) is 21.9. The molecule has 0 bridgehead atoms. The van der Waals surface area contributed by atoms with Crippen LogP contribution in [0.2, 0.25) is 0 Å². The lowest BCUT2D eigenvalue weighted by atomic mass is 10.0. The van der Waals surface area contributed by atoms with Crippen molar-refractivity contribution in [1.82, 2.24) is 9.88 Å². The molecule has 0 aliphatic carbocycles. The van der Waals surface area contributed by atoms with Crippen molar-refractivity contribution in [2.75, 3.05) is 38.3 Å². The van der Waals surface area contributed by atoms with E-state index in [4.69, 9.17) is 14.5 Å². The Morgan fingerprint density at radius 1 is 1.03 bits per heavy atom. The van der Waals surface area contributed by atoms with Crippen LogP contribution in [0.3, 0.4) is 0 Å². The number of anilines is 1. The van der Waals surface area contributed by atoms with E-state index in [9.17, 15) is 4.79 Å². The van der Waals surface area contributed by atoms with E-state index in [2.05, 4.69) is 43.0 Å². The number of piperazine rings is 1. The molecule has 0 unspecified atom stereocenters. The van der Waals surface area contributed by atoms with Crippen molar-refractivity contribution in [1.29, 1.82) is 0 Å². The predicted molar refractivity (Wildman–Crippen MR) is 149 cm³/mol. The lowest BCUT2D eigenvalue weighted by Gasteiger charge is -2.41. The minimum atomic E-state index is 0.0389. The molecule has 0 saturated carbocycles. The van der Waals surface area contributed by atoms with Crippen LogP contribution in [0.1, 0.15) is 29.8 Å². The molecule has 190 valence electrons. The van der Waals surface area contributed by atoms with Gasteiger partial charge in [-0.15, -0.1) is 0 Å². The molecule has 6 heteroatoms. The number of methoxy groups -OCH3 is 1. The summed E-state index contributed by atoms with van der Waals surface area (Å²) in [6, 6.07) is 24.3. The first-order chi connectivity index (χ1) is 18.0. The first-order valence-corrected chi connectivity index (χ1v) is 12.8. The van der Waals surface area contributed by atoms with Gasteiger partial charge in [-0.2, -0.15) is 0 Å². The lowest BCUT2D eigenvalue weighted by Crippen LogP contribution is -2.53. The highest BCUT2D eigenvalue weighted by Gasteiger charge is 2.28. The number of rotatable bonds is 6. The number of aromatic nitrogens is 1. The van der Waals surface area contributed by atoms with Crippen molar-refractivity contribution >= 4 is 22.5 Å². The van der Waals surface area contributed by atoms with E-state index < -0.39 is 0 Å². The number of amides is 1. The van der Waals surface area contributed by atoms with Gasteiger partial charge in [0.15, 0.2) is 0 Å². The highest BCUT2D eigenvalue weighted by Crippen LogP contribution is 2.32. The largest absolute Gasteiger partial charge is 0.497 e. The fourth-order valence-electron chi connectivity index (χ4n) is 5.05. The Morgan fingerprint density at radius 2 is 1.86 bits per heavy atom. The minimum absolute atomic E-state index is 0.0389. The quantitative estimate of drug-likeness (QED) is 0.330. The third-order valence-electron chi connectivity index (χ3n) is 6.93. The Kier molecular flexibility index (Phi) is 6.99. The monoisotopic (exact) mass is 495 g/mol. The van der Waals surface area contributed by atoms with Crippen molar-refractivity contribution < 1.29 is 14.3 Å². The number of carbonyl (C=O) groups excluding carboxylic acids is 1. The van der Waals surface area contributed by atoms with Gasteiger partial charge in [-0.3, -0.25) is 4.79 Å². The van der Waals surface area contributed by atoms with E-state index in [1.54, 1.807) is 7.11 Å². The second kappa shape index (κ2) is 10.5. The Balaban J connectivity index is 1.41. The van der Waals surface area contributed by atoms with Crippen LogP contribution < -0.4 is 14.4 Å². The number of hydrogen-bond acceptors (Lipinski definition) is 5. The molecule has 2 heterocycles. The van der Waals surface area contributed by atoms with Gasteiger partial charge in [0.1, 0.15) is 11.5 Å². The number of carbonyl (C=O) groups is 1. The first-order valence-electron chi connectivity index (χ1n) is 12.8. The molecule has 1 saturated heterocycles. The fraction of sp³-hybridized carbons (Fsp3) is 0.290. The normalized spacial score (nSPS) is 15.6. The minimum Gasteiger partial charge on any atom is -0.497 e. The summed E-state index contributed by atoms with van der Waals surface area (Å²) < 4.78 is 11.4. The molecule has 1 aliphatic rings. The van der Waals surface area contributed by atoms with Gasteiger partial charge in [0.05, 0.1) is 24.9 Å². The third-order valence-corrected chi connectivity index (χ3v) is 6.93. The van der Waals surface area contributed by atoms with Crippen LogP contribution in [-0.4, -0.2) is 55.2 Å². The standard InChI is InChI=1S/C31H33N3O3/c1-5-37-30-19-29(23-9-7-11-26(17-23)36-4)32-28-13-12-24(18-27(28)30)31(35)33-14-15-34(22(3)20-33)25-10-6-8-21(2)16-25/h6-13,16-19,22H,5,14-15,20H2,1-4H3/t22-/m1/s1. The predicted octanol–water partition coefficient (Wildman–Crippen LogP) is 5.97. The molecule has 0 radical (unpaired) electrons. The number of ether oxygens (including phenoxy) is 2. The molecule has 5 rings (SSSR count). The van der Waals surface area contributed by atoms with E-state index in [-0.39, 0.29) is 11.9 Å². The van der Waals surface area contributed by atoms with E-state index in [0.717, 1.165) is 40.2 Å². The molecule has 37 heavy (non-hydrogen) atoms. The summed E-state index contributed by atoms with van der Waals surface area (Å²) in [6.07, 6.45) is 0. The topological polar surface area (TPSA) is 54.9 Å². The van der Waals surface area contributed by atoms with Crippen molar-refractivity contribution in [3.63, 3.8) is 0 Å². The molecule has 0 N–H and O–H groups in total. The first kappa shape index (κ1) is 24.6. The number of fused-ring (bicyclic) bond motifs is 1. The third kappa shape index (κ3) is 5.10. The highest BCUT2D eigenvalue weighted by molar-refractivity contribution is 6.00. The van der Waals surface area contributed by atoms with E-state index in [1.807, 2.05) is 60.4 Å². The van der Waals surface area contributed by atoms with Crippen LogP contribution >= 0.6 is 0 Å². The Morgan fingerprint density at radius 3 is 2.62 bits per heavy atom. The summed E-state index contributed by atoms with van der Waals surface area (Å²) in [4.78, 5) is 22.8. The van der Waals surface area contributed by atoms with E-state index in [1.165, 1.54) is 11.3 Å². The van der Waals surface area contributed by atoms with Gasteiger partial charge in [0.25, 0.3) is 5.91 Å². The molecule has 1 atom stereocenters. The lowest BCUT2D eigenvalue weighted by molar-refractivity contribution is 0.0726. The van der Waals surface area contributed by atoms with Crippen LogP contribution in [0, 0.1) is 6.92 Å². The van der Waals surface area contributed by atoms with Crippen molar-refractivity contribution in [2.45, 2.75) is 26.8 Å². The summed E-state index contributed by atoms with van der Waals surface area (Å²) in [5.74, 6) is 1.53. The Labute approximate surface area is 218 Å². The van der Waals surface area contributed by atoms with Gasteiger partial charge >= 0.3 is 0 Å². The van der Waals surface area contributed by atoms with Gasteiger partial charge < -0.3 is 19.3 Å². The van der Waals surface area contributed by atoms with Crippen LogP contribution in [0.25, 0.3) is 22.2 Å². The van der Waals surface area contributed by atoms with Gasteiger partial charge in [-0.1, -0.05) is 24.3 Å². The van der Waals surface area contributed by atoms with Crippen molar-refractivity contribution in [3.05, 3.63) is 83.9 Å². The summed E-state index contributed by atoms with van der Waals surface area (Å²) in [6.45, 7) is 8.93. The molecule has 1 aromatic heterocycles. The van der Waals surface area contributed by atoms with Crippen molar-refractivity contribution in [3.8, 4) is 22.8 Å². The summed E-state index contributed by atoms with van der Waals surface area (Å²) in [7, 11) is 1.65. The number of aryl methyl sites for hydroxylation is 1. The van der Waals surface area contributed by atoms with Gasteiger partial charge in [0, 0.05) is 53.9 Å². The molecule has 4 aromatic rings. The summed E-state index contributed by atoms with van der Waals surface area (Å²) in [5, 5.41) is 0.839. The molecular formula is C31H33N3O3.